The molecule has 1 aliphatic rings. The van der Waals surface area contributed by atoms with Crippen LogP contribution >= 0.6 is 0 Å². The molecule has 32 heavy (non-hydrogen) atoms. The van der Waals surface area contributed by atoms with E-state index in [1.165, 1.54) is 17.3 Å². The monoisotopic (exact) mass is 432 g/mol. The first-order valence-electron chi connectivity index (χ1n) is 9.94. The van der Waals surface area contributed by atoms with Crippen LogP contribution in [0, 0.1) is 0 Å². The molecule has 2 heterocycles. The number of rotatable bonds is 7. The fourth-order valence-corrected chi connectivity index (χ4v) is 3.30. The summed E-state index contributed by atoms with van der Waals surface area (Å²) in [5, 5.41) is 9.43. The second-order valence-corrected chi connectivity index (χ2v) is 7.22. The number of nitrogens with one attached hydrogen (secondary N) is 2. The third-order valence-electron chi connectivity index (χ3n) is 5.09. The number of anilines is 2. The quantitative estimate of drug-likeness (QED) is 0.551. The molecular weight excluding hydrogens is 412 g/mol. The average Bonchev–Trinajstić information content (AvgIpc) is 3.41. The molecule has 0 radical (unpaired) electrons. The standard InChI is InChI=1S/C22H20N6O4/c1-14(28-13-23-12-24-28)20(30)26-16-8-6-15(7-9-16)25-19(29)10-11-27-21(31)17-4-2-3-5-18(17)22(27)32/h2-9,12-14H,10-11H2,1H3,(H,25,29)(H,26,30). The molecule has 2 N–H and O–H groups in total. The number of amides is 4. The summed E-state index contributed by atoms with van der Waals surface area (Å²) in [6.07, 6.45) is 2.79. The minimum atomic E-state index is -0.529. The van der Waals surface area contributed by atoms with E-state index in [-0.39, 0.29) is 24.8 Å². The Morgan fingerprint density at radius 1 is 0.938 bits per heavy atom. The Morgan fingerprint density at radius 3 is 2.09 bits per heavy atom. The smallest absolute Gasteiger partial charge is 0.261 e. The topological polar surface area (TPSA) is 126 Å². The van der Waals surface area contributed by atoms with Gasteiger partial charge in [0.1, 0.15) is 18.7 Å². The Balaban J connectivity index is 1.28. The summed E-state index contributed by atoms with van der Waals surface area (Å²) in [6, 6.07) is 12.7. The number of imide groups is 1. The molecule has 2 aromatic carbocycles. The highest BCUT2D eigenvalue weighted by atomic mass is 16.2. The van der Waals surface area contributed by atoms with Crippen LogP contribution in [0.15, 0.2) is 61.2 Å². The van der Waals surface area contributed by atoms with E-state index in [0.717, 1.165) is 4.90 Å². The molecule has 1 aromatic heterocycles. The van der Waals surface area contributed by atoms with Gasteiger partial charge in [-0.3, -0.25) is 24.1 Å². The van der Waals surface area contributed by atoms with Crippen LogP contribution in [0.1, 0.15) is 40.1 Å². The van der Waals surface area contributed by atoms with E-state index in [9.17, 15) is 19.2 Å². The summed E-state index contributed by atoms with van der Waals surface area (Å²) in [4.78, 5) is 54.2. The van der Waals surface area contributed by atoms with Gasteiger partial charge in [0.15, 0.2) is 0 Å². The molecule has 4 amide bonds. The van der Waals surface area contributed by atoms with Crippen molar-refractivity contribution >= 4 is 35.0 Å². The van der Waals surface area contributed by atoms with Crippen LogP contribution in [0.2, 0.25) is 0 Å². The summed E-state index contributed by atoms with van der Waals surface area (Å²) in [7, 11) is 0. The highest BCUT2D eigenvalue weighted by Crippen LogP contribution is 2.22. The zero-order chi connectivity index (χ0) is 22.7. The van der Waals surface area contributed by atoms with Crippen molar-refractivity contribution in [2.75, 3.05) is 17.2 Å². The van der Waals surface area contributed by atoms with E-state index in [2.05, 4.69) is 20.7 Å². The zero-order valence-electron chi connectivity index (χ0n) is 17.2. The number of hydrogen-bond donors (Lipinski definition) is 2. The molecule has 0 aliphatic carbocycles. The van der Waals surface area contributed by atoms with Crippen molar-refractivity contribution in [3.05, 3.63) is 72.3 Å². The molecular formula is C22H20N6O4. The van der Waals surface area contributed by atoms with Crippen LogP contribution in [-0.2, 0) is 9.59 Å². The molecule has 4 rings (SSSR count). The van der Waals surface area contributed by atoms with Crippen molar-refractivity contribution in [1.29, 1.82) is 0 Å². The Labute approximate surface area is 183 Å². The van der Waals surface area contributed by atoms with Crippen molar-refractivity contribution in [2.45, 2.75) is 19.4 Å². The molecule has 1 aliphatic heterocycles. The van der Waals surface area contributed by atoms with Crippen LogP contribution in [0.4, 0.5) is 11.4 Å². The maximum absolute atomic E-state index is 12.4. The molecule has 162 valence electrons. The summed E-state index contributed by atoms with van der Waals surface area (Å²) in [6.45, 7) is 1.69. The van der Waals surface area contributed by atoms with Gasteiger partial charge < -0.3 is 10.6 Å². The van der Waals surface area contributed by atoms with Gasteiger partial charge in [-0.2, -0.15) is 5.10 Å². The van der Waals surface area contributed by atoms with Gasteiger partial charge in [0, 0.05) is 24.3 Å². The average molecular weight is 432 g/mol. The fourth-order valence-electron chi connectivity index (χ4n) is 3.30. The lowest BCUT2D eigenvalue weighted by atomic mass is 10.1. The lowest BCUT2D eigenvalue weighted by molar-refractivity contribution is -0.119. The Hall–Kier alpha value is -4.34. The first-order valence-corrected chi connectivity index (χ1v) is 9.94. The lowest BCUT2D eigenvalue weighted by Crippen LogP contribution is -2.32. The van der Waals surface area contributed by atoms with Crippen molar-refractivity contribution in [2.24, 2.45) is 0 Å². The minimum absolute atomic E-state index is 0.00745. The number of nitrogens with zero attached hydrogens (tertiary/aromatic N) is 4. The fraction of sp³-hybridized carbons (Fsp3) is 0.182. The van der Waals surface area contributed by atoms with Crippen LogP contribution in [0.5, 0.6) is 0 Å². The van der Waals surface area contributed by atoms with Gasteiger partial charge in [0.05, 0.1) is 11.1 Å². The van der Waals surface area contributed by atoms with Crippen LogP contribution in [0.3, 0.4) is 0 Å². The van der Waals surface area contributed by atoms with E-state index in [0.29, 0.717) is 22.5 Å². The van der Waals surface area contributed by atoms with Crippen molar-refractivity contribution in [1.82, 2.24) is 19.7 Å². The Kier molecular flexibility index (Phi) is 5.75. The van der Waals surface area contributed by atoms with E-state index in [1.54, 1.807) is 55.5 Å². The van der Waals surface area contributed by atoms with Gasteiger partial charge in [-0.25, -0.2) is 9.67 Å². The number of carbonyl (C=O) groups excluding carboxylic acids is 4. The predicted molar refractivity (Wildman–Crippen MR) is 115 cm³/mol. The number of carbonyl (C=O) groups is 4. The molecule has 0 saturated carbocycles. The second kappa shape index (κ2) is 8.80. The molecule has 0 saturated heterocycles. The third-order valence-corrected chi connectivity index (χ3v) is 5.09. The van der Waals surface area contributed by atoms with Gasteiger partial charge in [0.25, 0.3) is 11.8 Å². The summed E-state index contributed by atoms with van der Waals surface area (Å²) >= 11 is 0. The van der Waals surface area contributed by atoms with Gasteiger partial charge in [-0.05, 0) is 43.3 Å². The molecule has 0 spiro atoms. The molecule has 0 bridgehead atoms. The second-order valence-electron chi connectivity index (χ2n) is 7.22. The highest BCUT2D eigenvalue weighted by Gasteiger charge is 2.34. The first kappa shape index (κ1) is 20.9. The van der Waals surface area contributed by atoms with E-state index < -0.39 is 17.9 Å². The molecule has 10 nitrogen and oxygen atoms in total. The summed E-state index contributed by atoms with van der Waals surface area (Å²) < 4.78 is 1.44. The Bertz CT molecular complexity index is 1140. The zero-order valence-corrected chi connectivity index (χ0v) is 17.2. The summed E-state index contributed by atoms with van der Waals surface area (Å²) in [5.74, 6) is -1.37. The Morgan fingerprint density at radius 2 is 1.53 bits per heavy atom. The number of aromatic nitrogens is 3. The lowest BCUT2D eigenvalue weighted by Gasteiger charge is -2.14. The van der Waals surface area contributed by atoms with Crippen molar-refractivity contribution in [3.8, 4) is 0 Å². The molecule has 10 heteroatoms. The van der Waals surface area contributed by atoms with Crippen LogP contribution < -0.4 is 10.6 Å². The van der Waals surface area contributed by atoms with E-state index in [4.69, 9.17) is 0 Å². The van der Waals surface area contributed by atoms with Gasteiger partial charge >= 0.3 is 0 Å². The first-order chi connectivity index (χ1) is 15.4. The number of hydrogen-bond acceptors (Lipinski definition) is 6. The molecule has 0 fully saturated rings. The van der Waals surface area contributed by atoms with Gasteiger partial charge in [0.2, 0.25) is 11.8 Å². The largest absolute Gasteiger partial charge is 0.326 e. The van der Waals surface area contributed by atoms with Crippen LogP contribution in [0.25, 0.3) is 0 Å². The van der Waals surface area contributed by atoms with E-state index in [1.807, 2.05) is 0 Å². The van der Waals surface area contributed by atoms with Crippen molar-refractivity contribution in [3.63, 3.8) is 0 Å². The molecule has 1 atom stereocenters. The normalized spacial score (nSPS) is 13.6. The number of benzene rings is 2. The minimum Gasteiger partial charge on any atom is -0.326 e. The highest BCUT2D eigenvalue weighted by molar-refractivity contribution is 6.21. The molecule has 3 aromatic rings. The summed E-state index contributed by atoms with van der Waals surface area (Å²) in [5.41, 5.74) is 1.80. The van der Waals surface area contributed by atoms with Crippen molar-refractivity contribution < 1.29 is 19.2 Å². The maximum atomic E-state index is 12.4. The van der Waals surface area contributed by atoms with E-state index >= 15 is 0 Å². The van der Waals surface area contributed by atoms with Gasteiger partial charge in [-0.1, -0.05) is 12.1 Å². The SMILES string of the molecule is CC(C(=O)Nc1ccc(NC(=O)CCN2C(=O)c3ccccc3C2=O)cc1)n1cncn1. The molecule has 1 unspecified atom stereocenters. The van der Waals surface area contributed by atoms with Gasteiger partial charge in [-0.15, -0.1) is 0 Å². The third kappa shape index (κ3) is 4.24. The predicted octanol–water partition coefficient (Wildman–Crippen LogP) is 2.10. The van der Waals surface area contributed by atoms with Crippen LogP contribution in [-0.4, -0.2) is 49.8 Å². The maximum Gasteiger partial charge on any atom is 0.261 e. The number of fused-ring (bicyclic) bond motifs is 1.